The summed E-state index contributed by atoms with van der Waals surface area (Å²) in [5.41, 5.74) is 0. The molecule has 1 fully saturated rings. The van der Waals surface area contributed by atoms with Gasteiger partial charge in [-0.2, -0.15) is 0 Å². The van der Waals surface area contributed by atoms with Gasteiger partial charge in [-0.3, -0.25) is 0 Å². The molecular weight excluding hydrogens is 244 g/mol. The van der Waals surface area contributed by atoms with Crippen molar-refractivity contribution in [3.05, 3.63) is 12.7 Å². The Morgan fingerprint density at radius 3 is 2.53 bits per heavy atom. The topological polar surface area (TPSA) is 69.6 Å². The van der Waals surface area contributed by atoms with E-state index >= 15 is 0 Å². The lowest BCUT2D eigenvalue weighted by Crippen LogP contribution is -2.51. The first-order valence-electron chi connectivity index (χ1n) is 7.01. The minimum absolute atomic E-state index is 0.239. The van der Waals surface area contributed by atoms with Crippen LogP contribution in [0.3, 0.4) is 0 Å². The molecule has 2 N–H and O–H groups in total. The molecule has 1 aliphatic rings. The van der Waals surface area contributed by atoms with Gasteiger partial charge in [0.15, 0.2) is 0 Å². The number of carboxylic acids is 1. The van der Waals surface area contributed by atoms with Gasteiger partial charge < -0.3 is 15.3 Å². The van der Waals surface area contributed by atoms with Gasteiger partial charge in [0, 0.05) is 12.6 Å². The van der Waals surface area contributed by atoms with Gasteiger partial charge in [-0.15, -0.1) is 6.58 Å². The Balaban J connectivity index is 2.61. The molecule has 2 amide bonds. The average molecular weight is 268 g/mol. The molecule has 1 atom stereocenters. The van der Waals surface area contributed by atoms with E-state index in [0.717, 1.165) is 25.7 Å². The lowest BCUT2D eigenvalue weighted by molar-refractivity contribution is -0.139. The third kappa shape index (κ3) is 4.58. The van der Waals surface area contributed by atoms with Crippen LogP contribution in [-0.2, 0) is 4.79 Å². The summed E-state index contributed by atoms with van der Waals surface area (Å²) in [5, 5.41) is 11.6. The maximum atomic E-state index is 12.2. The number of aliphatic carboxylic acids is 1. The molecule has 1 aliphatic carbocycles. The van der Waals surface area contributed by atoms with Crippen molar-refractivity contribution in [2.75, 3.05) is 6.54 Å². The van der Waals surface area contributed by atoms with Gasteiger partial charge in [-0.25, -0.2) is 9.59 Å². The SMILES string of the molecule is C=CCC(NC(=O)N(CC)C1CCCCC1)C(=O)O. The van der Waals surface area contributed by atoms with E-state index in [1.54, 1.807) is 4.90 Å². The Kier molecular flexibility index (Phi) is 6.39. The second kappa shape index (κ2) is 7.81. The number of carbonyl (C=O) groups excluding carboxylic acids is 1. The van der Waals surface area contributed by atoms with Crippen LogP contribution >= 0.6 is 0 Å². The van der Waals surface area contributed by atoms with E-state index in [0.29, 0.717) is 6.54 Å². The summed E-state index contributed by atoms with van der Waals surface area (Å²) in [6.07, 6.45) is 7.29. The number of carbonyl (C=O) groups is 2. The highest BCUT2D eigenvalue weighted by atomic mass is 16.4. The van der Waals surface area contributed by atoms with Gasteiger partial charge in [0.2, 0.25) is 0 Å². The molecular formula is C14H24N2O3. The second-order valence-corrected chi connectivity index (χ2v) is 4.94. The molecule has 0 radical (unpaired) electrons. The number of amides is 2. The fraction of sp³-hybridized carbons (Fsp3) is 0.714. The lowest BCUT2D eigenvalue weighted by atomic mass is 9.94. The zero-order chi connectivity index (χ0) is 14.3. The van der Waals surface area contributed by atoms with Crippen LogP contribution in [0, 0.1) is 0 Å². The first-order chi connectivity index (χ1) is 9.10. The molecule has 1 saturated carbocycles. The van der Waals surface area contributed by atoms with Crippen molar-refractivity contribution in [2.24, 2.45) is 0 Å². The zero-order valence-corrected chi connectivity index (χ0v) is 11.6. The summed E-state index contributed by atoms with van der Waals surface area (Å²) in [6.45, 7) is 6.05. The number of hydrogen-bond acceptors (Lipinski definition) is 2. The van der Waals surface area contributed by atoms with Gasteiger partial charge in [-0.1, -0.05) is 25.3 Å². The molecule has 1 rings (SSSR count). The molecule has 0 saturated heterocycles. The third-order valence-corrected chi connectivity index (χ3v) is 3.62. The second-order valence-electron chi connectivity index (χ2n) is 4.94. The van der Waals surface area contributed by atoms with Crippen molar-refractivity contribution in [2.45, 2.75) is 57.5 Å². The Bertz CT molecular complexity index is 325. The number of hydrogen-bond donors (Lipinski definition) is 2. The van der Waals surface area contributed by atoms with E-state index in [1.807, 2.05) is 6.92 Å². The van der Waals surface area contributed by atoms with E-state index in [9.17, 15) is 9.59 Å². The van der Waals surface area contributed by atoms with Crippen LogP contribution in [-0.4, -0.2) is 40.6 Å². The fourth-order valence-corrected chi connectivity index (χ4v) is 2.58. The van der Waals surface area contributed by atoms with Gasteiger partial charge >= 0.3 is 12.0 Å². The van der Waals surface area contributed by atoms with Gasteiger partial charge in [0.1, 0.15) is 6.04 Å². The molecule has 0 aromatic carbocycles. The van der Waals surface area contributed by atoms with Gasteiger partial charge in [0.25, 0.3) is 0 Å². The summed E-state index contributed by atoms with van der Waals surface area (Å²) in [6, 6.07) is -0.914. The Hall–Kier alpha value is -1.52. The zero-order valence-electron chi connectivity index (χ0n) is 11.6. The fourth-order valence-electron chi connectivity index (χ4n) is 2.58. The van der Waals surface area contributed by atoms with Crippen LogP contribution in [0.4, 0.5) is 4.79 Å². The largest absolute Gasteiger partial charge is 0.480 e. The molecule has 5 nitrogen and oxygen atoms in total. The molecule has 0 bridgehead atoms. The number of urea groups is 1. The first-order valence-corrected chi connectivity index (χ1v) is 7.01. The van der Waals surface area contributed by atoms with Crippen molar-refractivity contribution in [3.63, 3.8) is 0 Å². The molecule has 0 spiro atoms. The minimum Gasteiger partial charge on any atom is -0.480 e. The summed E-state index contributed by atoms with van der Waals surface area (Å²) in [4.78, 5) is 25.0. The van der Waals surface area contributed by atoms with Crippen LogP contribution in [0.15, 0.2) is 12.7 Å². The average Bonchev–Trinajstić information content (AvgIpc) is 2.40. The highest BCUT2D eigenvalue weighted by molar-refractivity contribution is 5.82. The van der Waals surface area contributed by atoms with Crippen LogP contribution < -0.4 is 5.32 Å². The summed E-state index contributed by atoms with van der Waals surface area (Å²) in [7, 11) is 0. The van der Waals surface area contributed by atoms with E-state index in [4.69, 9.17) is 5.11 Å². The summed E-state index contributed by atoms with van der Waals surface area (Å²) in [5.74, 6) is -1.02. The maximum Gasteiger partial charge on any atom is 0.326 e. The van der Waals surface area contributed by atoms with Crippen LogP contribution in [0.5, 0.6) is 0 Å². The number of nitrogens with zero attached hydrogens (tertiary/aromatic N) is 1. The summed E-state index contributed by atoms with van der Waals surface area (Å²) < 4.78 is 0. The van der Waals surface area contributed by atoms with Crippen LogP contribution in [0.1, 0.15) is 45.4 Å². The monoisotopic (exact) mass is 268 g/mol. The molecule has 5 heteroatoms. The predicted octanol–water partition coefficient (Wildman–Crippen LogP) is 2.38. The normalized spacial score (nSPS) is 17.5. The Labute approximate surface area is 114 Å². The predicted molar refractivity (Wildman–Crippen MR) is 74.0 cm³/mol. The molecule has 0 aromatic heterocycles. The van der Waals surface area contributed by atoms with E-state index in [2.05, 4.69) is 11.9 Å². The highest BCUT2D eigenvalue weighted by Crippen LogP contribution is 2.22. The number of rotatable bonds is 6. The quantitative estimate of drug-likeness (QED) is 0.727. The van der Waals surface area contributed by atoms with Crippen molar-refractivity contribution in [1.29, 1.82) is 0 Å². The van der Waals surface area contributed by atoms with Gasteiger partial charge in [-0.05, 0) is 26.2 Å². The Morgan fingerprint density at radius 2 is 2.05 bits per heavy atom. The van der Waals surface area contributed by atoms with Crippen molar-refractivity contribution >= 4 is 12.0 Å². The summed E-state index contributed by atoms with van der Waals surface area (Å²) >= 11 is 0. The number of carboxylic acid groups (broad SMARTS) is 1. The van der Waals surface area contributed by atoms with Crippen molar-refractivity contribution in [3.8, 4) is 0 Å². The molecule has 0 aliphatic heterocycles. The minimum atomic E-state index is -1.02. The lowest BCUT2D eigenvalue weighted by Gasteiger charge is -2.34. The smallest absolute Gasteiger partial charge is 0.326 e. The first kappa shape index (κ1) is 15.5. The highest BCUT2D eigenvalue weighted by Gasteiger charge is 2.27. The van der Waals surface area contributed by atoms with E-state index in [1.165, 1.54) is 12.5 Å². The van der Waals surface area contributed by atoms with Crippen molar-refractivity contribution in [1.82, 2.24) is 10.2 Å². The molecule has 0 heterocycles. The molecule has 19 heavy (non-hydrogen) atoms. The molecule has 108 valence electrons. The number of nitrogens with one attached hydrogen (secondary N) is 1. The standard InChI is InChI=1S/C14H24N2O3/c1-3-8-12(13(17)18)15-14(19)16(4-2)11-9-6-5-7-10-11/h3,11-12H,1,4-10H2,2H3,(H,15,19)(H,17,18). The van der Waals surface area contributed by atoms with E-state index < -0.39 is 12.0 Å². The van der Waals surface area contributed by atoms with Crippen LogP contribution in [0.2, 0.25) is 0 Å². The third-order valence-electron chi connectivity index (χ3n) is 3.62. The maximum absolute atomic E-state index is 12.2. The van der Waals surface area contributed by atoms with E-state index in [-0.39, 0.29) is 18.5 Å². The van der Waals surface area contributed by atoms with Gasteiger partial charge in [0.05, 0.1) is 0 Å². The van der Waals surface area contributed by atoms with Crippen LogP contribution in [0.25, 0.3) is 0 Å². The Morgan fingerprint density at radius 1 is 1.42 bits per heavy atom. The molecule has 1 unspecified atom stereocenters. The van der Waals surface area contributed by atoms with Crippen molar-refractivity contribution < 1.29 is 14.7 Å². The molecule has 0 aromatic rings.